The Balaban J connectivity index is 0.000000676. The SMILES string of the molecule is CCCCC1CC(Cc2cccc(C)c2)(C(=O)OC)CCN1Cc1cncn1Cc1ccc(C#N)cc1.O=C(O)C(F)(F)F. The van der Waals surface area contributed by atoms with E-state index in [1.54, 1.807) is 0 Å². The maximum Gasteiger partial charge on any atom is 0.490 e. The third-order valence-electron chi connectivity index (χ3n) is 8.00. The molecule has 0 bridgehead atoms. The molecule has 4 rings (SSSR count). The molecular formula is C33H39F3N4O4. The molecule has 0 radical (unpaired) electrons. The Bertz CT molecular complexity index is 1430. The van der Waals surface area contributed by atoms with Crippen LogP contribution in [0, 0.1) is 23.7 Å². The summed E-state index contributed by atoms with van der Waals surface area (Å²) < 4.78 is 39.3. The zero-order chi connectivity index (χ0) is 32.3. The molecule has 1 fully saturated rings. The van der Waals surface area contributed by atoms with Gasteiger partial charge >= 0.3 is 18.1 Å². The lowest BCUT2D eigenvalue weighted by atomic mass is 9.70. The first-order valence-electron chi connectivity index (χ1n) is 14.6. The van der Waals surface area contributed by atoms with E-state index in [1.165, 1.54) is 18.2 Å². The van der Waals surface area contributed by atoms with Crippen LogP contribution in [0.4, 0.5) is 13.2 Å². The fraction of sp³-hybridized carbons (Fsp3) is 0.455. The van der Waals surface area contributed by atoms with Crippen molar-refractivity contribution in [2.45, 2.75) is 77.7 Å². The van der Waals surface area contributed by atoms with Gasteiger partial charge in [-0.1, -0.05) is 61.7 Å². The number of aryl methyl sites for hydroxylation is 1. The van der Waals surface area contributed by atoms with Crippen LogP contribution in [-0.2, 0) is 33.8 Å². The van der Waals surface area contributed by atoms with Crippen molar-refractivity contribution in [2.75, 3.05) is 13.7 Å². The topological polar surface area (TPSA) is 108 Å². The largest absolute Gasteiger partial charge is 0.490 e. The van der Waals surface area contributed by atoms with Gasteiger partial charge in [0.05, 0.1) is 36.2 Å². The minimum absolute atomic E-state index is 0.0824. The van der Waals surface area contributed by atoms with Crippen molar-refractivity contribution in [3.8, 4) is 6.07 Å². The standard InChI is InChI=1S/C31H38N4O2.C2HF3O2/c1-4-5-9-28-18-31(30(36)37-3,17-27-8-6-7-24(2)16-27)14-15-34(28)22-29-20-33-23-35(29)21-26-12-10-25(19-32)11-13-26;3-2(4,5)1(6)7/h6-8,10-13,16,20,23,28H,4-5,9,14-15,17-18,21-22H2,1-3H3;(H,6,7). The minimum Gasteiger partial charge on any atom is -0.475 e. The molecule has 2 aromatic carbocycles. The van der Waals surface area contributed by atoms with Gasteiger partial charge in [-0.2, -0.15) is 18.4 Å². The lowest BCUT2D eigenvalue weighted by Crippen LogP contribution is -2.51. The highest BCUT2D eigenvalue weighted by molar-refractivity contribution is 5.77. The number of hydrogen-bond acceptors (Lipinski definition) is 6. The second kappa shape index (κ2) is 15.5. The number of aliphatic carboxylic acids is 1. The van der Waals surface area contributed by atoms with Gasteiger partial charge < -0.3 is 14.4 Å². The number of carboxylic acid groups (broad SMARTS) is 1. The number of methoxy groups -OCH3 is 1. The van der Waals surface area contributed by atoms with Crippen molar-refractivity contribution in [3.63, 3.8) is 0 Å². The van der Waals surface area contributed by atoms with Crippen LogP contribution in [0.1, 0.15) is 67.0 Å². The van der Waals surface area contributed by atoms with Crippen LogP contribution >= 0.6 is 0 Å². The molecule has 11 heteroatoms. The van der Waals surface area contributed by atoms with Crippen LogP contribution in [0.2, 0.25) is 0 Å². The van der Waals surface area contributed by atoms with Crippen LogP contribution in [0.3, 0.4) is 0 Å². The molecule has 0 amide bonds. The Morgan fingerprint density at radius 2 is 1.86 bits per heavy atom. The third kappa shape index (κ3) is 9.41. The first kappa shape index (κ1) is 34.3. The van der Waals surface area contributed by atoms with Crippen molar-refractivity contribution in [3.05, 3.63) is 89.0 Å². The van der Waals surface area contributed by atoms with Gasteiger partial charge in [-0.3, -0.25) is 9.69 Å². The number of aromatic nitrogens is 2. The van der Waals surface area contributed by atoms with Gasteiger partial charge in [0.25, 0.3) is 0 Å². The van der Waals surface area contributed by atoms with E-state index >= 15 is 0 Å². The number of likely N-dealkylation sites (tertiary alicyclic amines) is 1. The van der Waals surface area contributed by atoms with E-state index < -0.39 is 17.6 Å². The lowest BCUT2D eigenvalue weighted by molar-refractivity contribution is -0.192. The average Bonchev–Trinajstić information content (AvgIpc) is 3.43. The highest BCUT2D eigenvalue weighted by atomic mass is 19.4. The van der Waals surface area contributed by atoms with E-state index in [4.69, 9.17) is 19.9 Å². The van der Waals surface area contributed by atoms with Crippen LogP contribution in [-0.4, -0.2) is 57.4 Å². The molecule has 8 nitrogen and oxygen atoms in total. The molecule has 1 saturated heterocycles. The molecule has 2 heterocycles. The number of hydrogen-bond donors (Lipinski definition) is 1. The molecule has 0 aliphatic carbocycles. The van der Waals surface area contributed by atoms with Gasteiger partial charge in [0.2, 0.25) is 0 Å². The van der Waals surface area contributed by atoms with E-state index in [-0.39, 0.29) is 5.97 Å². The Kier molecular flexibility index (Phi) is 12.1. The lowest BCUT2D eigenvalue weighted by Gasteiger charge is -2.45. The number of carbonyl (C=O) groups is 2. The predicted octanol–water partition coefficient (Wildman–Crippen LogP) is 6.30. The Labute approximate surface area is 256 Å². The summed E-state index contributed by atoms with van der Waals surface area (Å²) in [6.07, 6.45) is 4.38. The molecule has 0 saturated carbocycles. The first-order valence-corrected chi connectivity index (χ1v) is 14.6. The number of halogens is 3. The van der Waals surface area contributed by atoms with E-state index in [2.05, 4.69) is 58.6 Å². The Morgan fingerprint density at radius 1 is 1.16 bits per heavy atom. The number of carbonyl (C=O) groups excluding carboxylic acids is 1. The van der Waals surface area contributed by atoms with Crippen molar-refractivity contribution in [1.29, 1.82) is 5.26 Å². The first-order chi connectivity index (χ1) is 20.9. The number of nitriles is 1. The maximum atomic E-state index is 13.2. The fourth-order valence-electron chi connectivity index (χ4n) is 5.71. The molecule has 2 unspecified atom stereocenters. The van der Waals surface area contributed by atoms with E-state index in [1.807, 2.05) is 36.8 Å². The normalized spacial score (nSPS) is 18.5. The number of carboxylic acids is 1. The number of ether oxygens (including phenoxy) is 1. The summed E-state index contributed by atoms with van der Waals surface area (Å²) in [6, 6.07) is 18.7. The molecule has 2 atom stereocenters. The van der Waals surface area contributed by atoms with Crippen molar-refractivity contribution < 1.29 is 32.6 Å². The van der Waals surface area contributed by atoms with Crippen molar-refractivity contribution in [1.82, 2.24) is 14.5 Å². The number of benzene rings is 2. The van der Waals surface area contributed by atoms with Gasteiger partial charge in [0.15, 0.2) is 0 Å². The Hall–Kier alpha value is -4.17. The quantitative estimate of drug-likeness (QED) is 0.268. The number of unbranched alkanes of at least 4 members (excludes halogenated alkanes) is 1. The number of nitrogens with zero attached hydrogens (tertiary/aromatic N) is 4. The minimum atomic E-state index is -5.08. The second-order valence-electron chi connectivity index (χ2n) is 11.3. The predicted molar refractivity (Wildman–Crippen MR) is 158 cm³/mol. The molecule has 1 aromatic heterocycles. The van der Waals surface area contributed by atoms with Gasteiger partial charge in [-0.05, 0) is 62.4 Å². The van der Waals surface area contributed by atoms with Crippen molar-refractivity contribution in [2.24, 2.45) is 5.41 Å². The summed E-state index contributed by atoms with van der Waals surface area (Å²) in [5.74, 6) is -2.84. The third-order valence-corrected chi connectivity index (χ3v) is 8.00. The van der Waals surface area contributed by atoms with Crippen LogP contribution < -0.4 is 0 Å². The highest BCUT2D eigenvalue weighted by Crippen LogP contribution is 2.41. The number of piperidine rings is 1. The summed E-state index contributed by atoms with van der Waals surface area (Å²) in [6.45, 7) is 6.68. The van der Waals surface area contributed by atoms with Crippen LogP contribution in [0.5, 0.6) is 0 Å². The number of esters is 1. The summed E-state index contributed by atoms with van der Waals surface area (Å²) in [7, 11) is 1.52. The maximum absolute atomic E-state index is 13.2. The summed E-state index contributed by atoms with van der Waals surface area (Å²) in [4.78, 5) is 29.1. The second-order valence-corrected chi connectivity index (χ2v) is 11.3. The summed E-state index contributed by atoms with van der Waals surface area (Å²) >= 11 is 0. The van der Waals surface area contributed by atoms with Crippen molar-refractivity contribution >= 4 is 11.9 Å². The van der Waals surface area contributed by atoms with Gasteiger partial charge in [-0.15, -0.1) is 0 Å². The Morgan fingerprint density at radius 3 is 2.45 bits per heavy atom. The monoisotopic (exact) mass is 612 g/mol. The average molecular weight is 613 g/mol. The summed E-state index contributed by atoms with van der Waals surface area (Å²) in [5.41, 5.74) is 4.89. The van der Waals surface area contributed by atoms with Crippen LogP contribution in [0.15, 0.2) is 61.1 Å². The molecule has 44 heavy (non-hydrogen) atoms. The van der Waals surface area contributed by atoms with Gasteiger partial charge in [0, 0.05) is 25.3 Å². The smallest absolute Gasteiger partial charge is 0.475 e. The molecule has 3 aromatic rings. The zero-order valence-corrected chi connectivity index (χ0v) is 25.3. The fourth-order valence-corrected chi connectivity index (χ4v) is 5.71. The molecule has 0 spiro atoms. The van der Waals surface area contributed by atoms with E-state index in [9.17, 15) is 18.0 Å². The zero-order valence-electron chi connectivity index (χ0n) is 25.3. The van der Waals surface area contributed by atoms with E-state index in [0.717, 1.165) is 56.5 Å². The van der Waals surface area contributed by atoms with Crippen LogP contribution in [0.25, 0.3) is 0 Å². The van der Waals surface area contributed by atoms with E-state index in [0.29, 0.717) is 24.6 Å². The van der Waals surface area contributed by atoms with Gasteiger partial charge in [0.1, 0.15) is 0 Å². The summed E-state index contributed by atoms with van der Waals surface area (Å²) in [5, 5.41) is 16.2. The molecule has 1 N–H and O–H groups in total. The highest BCUT2D eigenvalue weighted by Gasteiger charge is 2.46. The molecule has 236 valence electrons. The number of alkyl halides is 3. The van der Waals surface area contributed by atoms with Gasteiger partial charge in [-0.25, -0.2) is 9.78 Å². The molecule has 1 aliphatic heterocycles. The molecule has 1 aliphatic rings. The molecular weight excluding hydrogens is 573 g/mol. The number of imidazole rings is 1. The number of rotatable bonds is 10.